The summed E-state index contributed by atoms with van der Waals surface area (Å²) in [4.78, 5) is 0. The van der Waals surface area contributed by atoms with Crippen molar-refractivity contribution in [2.75, 3.05) is 0 Å². The van der Waals surface area contributed by atoms with Gasteiger partial charge in [-0.15, -0.1) is 11.8 Å². The molecule has 1 saturated heterocycles. The maximum absolute atomic E-state index is 9.51. The molecule has 1 aliphatic carbocycles. The summed E-state index contributed by atoms with van der Waals surface area (Å²) in [5.74, 6) is 0.545. The molecule has 2 heteroatoms. The van der Waals surface area contributed by atoms with Crippen LogP contribution in [0.4, 0.5) is 0 Å². The van der Waals surface area contributed by atoms with E-state index in [1.54, 1.807) is 0 Å². The molecule has 0 amide bonds. The molecule has 2 aliphatic rings. The van der Waals surface area contributed by atoms with Gasteiger partial charge in [0, 0.05) is 0 Å². The Morgan fingerprint density at radius 2 is 2.00 bits per heavy atom. The number of hydrogen-bond acceptors (Lipinski definition) is 2. The van der Waals surface area contributed by atoms with Gasteiger partial charge in [-0.2, -0.15) is 0 Å². The van der Waals surface area contributed by atoms with E-state index in [9.17, 15) is 5.11 Å². The number of rotatable bonds is 0. The van der Waals surface area contributed by atoms with Crippen molar-refractivity contribution >= 4 is 17.8 Å². The molecule has 2 unspecified atom stereocenters. The highest BCUT2D eigenvalue weighted by molar-refractivity contribution is 8.07. The first-order chi connectivity index (χ1) is 5.86. The summed E-state index contributed by atoms with van der Waals surface area (Å²) in [6.45, 7) is 0. The van der Waals surface area contributed by atoms with E-state index >= 15 is 0 Å². The number of benzene rings is 1. The van der Waals surface area contributed by atoms with Crippen LogP contribution in [0.25, 0.3) is 6.08 Å². The molecule has 60 valence electrons. The van der Waals surface area contributed by atoms with Crippen LogP contribution in [0.3, 0.4) is 0 Å². The molecule has 0 bridgehead atoms. The van der Waals surface area contributed by atoms with E-state index in [4.69, 9.17) is 0 Å². The van der Waals surface area contributed by atoms with Crippen LogP contribution >= 0.6 is 11.8 Å². The van der Waals surface area contributed by atoms with E-state index < -0.39 is 0 Å². The third-order valence-corrected chi connectivity index (χ3v) is 3.70. The molecule has 0 saturated carbocycles. The van der Waals surface area contributed by atoms with Crippen molar-refractivity contribution in [1.82, 2.24) is 0 Å². The van der Waals surface area contributed by atoms with Crippen LogP contribution in [0.1, 0.15) is 16.4 Å². The zero-order valence-electron chi connectivity index (χ0n) is 6.40. The third kappa shape index (κ3) is 0.758. The zero-order chi connectivity index (χ0) is 8.13. The largest absolute Gasteiger partial charge is 0.511 e. The van der Waals surface area contributed by atoms with Gasteiger partial charge >= 0.3 is 0 Å². The Morgan fingerprint density at radius 1 is 1.17 bits per heavy atom. The van der Waals surface area contributed by atoms with Crippen LogP contribution in [-0.4, -0.2) is 10.4 Å². The summed E-state index contributed by atoms with van der Waals surface area (Å²) < 4.78 is 0. The fraction of sp³-hybridized carbons (Fsp3) is 0.200. The highest BCUT2D eigenvalue weighted by Crippen LogP contribution is 2.60. The lowest BCUT2D eigenvalue weighted by atomic mass is 9.97. The van der Waals surface area contributed by atoms with Gasteiger partial charge in [0.15, 0.2) is 0 Å². The van der Waals surface area contributed by atoms with Gasteiger partial charge in [-0.25, -0.2) is 0 Å². The second-order valence-electron chi connectivity index (χ2n) is 3.18. The van der Waals surface area contributed by atoms with E-state index in [-0.39, 0.29) is 0 Å². The predicted molar refractivity (Wildman–Crippen MR) is 51.2 cm³/mol. The summed E-state index contributed by atoms with van der Waals surface area (Å²) in [6.07, 6.45) is 1.89. The quantitative estimate of drug-likeness (QED) is 0.613. The van der Waals surface area contributed by atoms with E-state index in [0.29, 0.717) is 16.3 Å². The number of thioether (sulfide) groups is 1. The zero-order valence-corrected chi connectivity index (χ0v) is 7.21. The van der Waals surface area contributed by atoms with Crippen molar-refractivity contribution in [2.45, 2.75) is 10.5 Å². The van der Waals surface area contributed by atoms with Crippen LogP contribution in [0.15, 0.2) is 30.0 Å². The number of fused-ring (bicyclic) bond motifs is 3. The third-order valence-electron chi connectivity index (χ3n) is 2.39. The molecule has 1 aromatic carbocycles. The van der Waals surface area contributed by atoms with Crippen molar-refractivity contribution in [3.8, 4) is 0 Å². The number of aliphatic hydroxyl groups is 1. The fourth-order valence-corrected chi connectivity index (χ4v) is 2.80. The van der Waals surface area contributed by atoms with Crippen LogP contribution in [0.5, 0.6) is 0 Å². The van der Waals surface area contributed by atoms with Crippen molar-refractivity contribution in [3.05, 3.63) is 41.2 Å². The van der Waals surface area contributed by atoms with Crippen molar-refractivity contribution < 1.29 is 5.11 Å². The van der Waals surface area contributed by atoms with E-state index in [1.165, 1.54) is 11.1 Å². The molecule has 0 aromatic heterocycles. The van der Waals surface area contributed by atoms with Gasteiger partial charge in [-0.05, 0) is 17.2 Å². The van der Waals surface area contributed by atoms with Crippen LogP contribution in [-0.2, 0) is 0 Å². The monoisotopic (exact) mass is 176 g/mol. The van der Waals surface area contributed by atoms with Gasteiger partial charge in [0.2, 0.25) is 0 Å². The minimum absolute atomic E-state index is 0.361. The molecule has 1 fully saturated rings. The molecule has 1 aromatic rings. The first-order valence-corrected chi connectivity index (χ1v) is 4.95. The Labute approximate surface area is 75.1 Å². The van der Waals surface area contributed by atoms with Crippen LogP contribution in [0.2, 0.25) is 0 Å². The van der Waals surface area contributed by atoms with E-state index in [2.05, 4.69) is 18.2 Å². The minimum Gasteiger partial charge on any atom is -0.511 e. The molecule has 12 heavy (non-hydrogen) atoms. The maximum Gasteiger partial charge on any atom is 0.107 e. The molecule has 3 rings (SSSR count). The summed E-state index contributed by atoms with van der Waals surface area (Å²) in [7, 11) is 0. The average molecular weight is 176 g/mol. The minimum atomic E-state index is 0.361. The number of aliphatic hydroxyl groups excluding tert-OH is 1. The second-order valence-corrected chi connectivity index (χ2v) is 4.46. The van der Waals surface area contributed by atoms with Crippen molar-refractivity contribution in [2.24, 2.45) is 0 Å². The van der Waals surface area contributed by atoms with Crippen LogP contribution in [0, 0.1) is 0 Å². The summed E-state index contributed by atoms with van der Waals surface area (Å²) in [6, 6.07) is 8.28. The van der Waals surface area contributed by atoms with Crippen molar-refractivity contribution in [3.63, 3.8) is 0 Å². The van der Waals surface area contributed by atoms with E-state index in [0.717, 1.165) is 0 Å². The maximum atomic E-state index is 9.51. The fourth-order valence-electron chi connectivity index (χ4n) is 1.72. The second kappa shape index (κ2) is 2.07. The molecular formula is C10H8OS. The Bertz CT molecular complexity index is 370. The highest BCUT2D eigenvalue weighted by atomic mass is 32.2. The molecule has 0 radical (unpaired) electrons. The molecular weight excluding hydrogens is 168 g/mol. The van der Waals surface area contributed by atoms with Crippen LogP contribution < -0.4 is 0 Å². The first kappa shape index (κ1) is 6.61. The summed E-state index contributed by atoms with van der Waals surface area (Å²) >= 11 is 1.83. The van der Waals surface area contributed by atoms with Gasteiger partial charge in [-0.3, -0.25) is 0 Å². The van der Waals surface area contributed by atoms with Gasteiger partial charge < -0.3 is 5.11 Å². The van der Waals surface area contributed by atoms with Gasteiger partial charge in [0.05, 0.1) is 10.5 Å². The standard InChI is InChI=1S/C10H8OS/c11-8-5-6-3-1-2-4-7(6)9-10(8)12-9/h1-5,9-11H. The number of hydrogen-bond donors (Lipinski definition) is 1. The van der Waals surface area contributed by atoms with E-state index in [1.807, 2.05) is 23.9 Å². The molecule has 1 nitrogen and oxygen atoms in total. The lowest BCUT2D eigenvalue weighted by molar-refractivity contribution is 0.404. The molecule has 1 heterocycles. The highest BCUT2D eigenvalue weighted by Gasteiger charge is 2.45. The Balaban J connectivity index is 2.23. The molecule has 0 spiro atoms. The normalized spacial score (nSPS) is 30.2. The predicted octanol–water partition coefficient (Wildman–Crippen LogP) is 2.76. The van der Waals surface area contributed by atoms with Crippen molar-refractivity contribution in [1.29, 1.82) is 0 Å². The topological polar surface area (TPSA) is 20.2 Å². The van der Waals surface area contributed by atoms with Gasteiger partial charge in [0.25, 0.3) is 0 Å². The molecule has 1 aliphatic heterocycles. The Morgan fingerprint density at radius 3 is 2.92 bits per heavy atom. The first-order valence-electron chi connectivity index (χ1n) is 4.01. The SMILES string of the molecule is OC1=Cc2ccccc2C2SC12. The molecule has 1 N–H and O–H groups in total. The average Bonchev–Trinajstić information content (AvgIpc) is 2.84. The Hall–Kier alpha value is -0.890. The van der Waals surface area contributed by atoms with Gasteiger partial charge in [-0.1, -0.05) is 24.3 Å². The lowest BCUT2D eigenvalue weighted by Crippen LogP contribution is -2.00. The van der Waals surface area contributed by atoms with Gasteiger partial charge in [0.1, 0.15) is 5.76 Å². The Kier molecular flexibility index (Phi) is 1.14. The molecule has 2 atom stereocenters. The lowest BCUT2D eigenvalue weighted by Gasteiger charge is -2.09. The smallest absolute Gasteiger partial charge is 0.107 e. The summed E-state index contributed by atoms with van der Waals surface area (Å²) in [5, 5.41) is 10.4. The summed E-state index contributed by atoms with van der Waals surface area (Å²) in [5.41, 5.74) is 2.56.